The number of para-hydroxylation sites is 1. The lowest BCUT2D eigenvalue weighted by molar-refractivity contribution is 0.311. The van der Waals surface area contributed by atoms with Crippen LogP contribution in [0.4, 0.5) is 5.69 Å². The van der Waals surface area contributed by atoms with Crippen molar-refractivity contribution in [2.45, 2.75) is 4.90 Å². The first-order valence-electron chi connectivity index (χ1n) is 11.8. The van der Waals surface area contributed by atoms with Crippen molar-refractivity contribution in [3.63, 3.8) is 0 Å². The molecule has 0 amide bonds. The molecule has 0 N–H and O–H groups in total. The smallest absolute Gasteiger partial charge is 0.264 e. The Balaban J connectivity index is 1.60. The third kappa shape index (κ3) is 4.49. The predicted molar refractivity (Wildman–Crippen MR) is 146 cm³/mol. The second-order valence-corrected chi connectivity index (χ2v) is 11.8. The van der Waals surface area contributed by atoms with Crippen LogP contribution < -0.4 is 13.8 Å². The molecule has 190 valence electrons. The molecule has 36 heavy (non-hydrogen) atoms. The van der Waals surface area contributed by atoms with E-state index in [-0.39, 0.29) is 17.3 Å². The molecule has 0 atom stereocenters. The standard InChI is InChI=1S/C26H30N4O4S2/c1-28-22-7-5-4-6-20(22)21-18-19(8-9-23(21)28)36(31,32)30(13-12-29-14-16-35-17-15-29)24-10-11-25(33-2)27-26(24)34-3/h4-11,18H,12-17H2,1-3H3. The van der Waals surface area contributed by atoms with Gasteiger partial charge in [-0.2, -0.15) is 16.7 Å². The summed E-state index contributed by atoms with van der Waals surface area (Å²) in [6, 6.07) is 16.7. The van der Waals surface area contributed by atoms with Gasteiger partial charge in [0.1, 0.15) is 5.69 Å². The van der Waals surface area contributed by atoms with Crippen molar-refractivity contribution in [3.05, 3.63) is 54.6 Å². The molecule has 0 saturated carbocycles. The maximum atomic E-state index is 14.2. The van der Waals surface area contributed by atoms with Gasteiger partial charge in [0.2, 0.25) is 11.8 Å². The number of methoxy groups -OCH3 is 2. The Labute approximate surface area is 215 Å². The Kier molecular flexibility index (Phi) is 7.00. The van der Waals surface area contributed by atoms with E-state index in [4.69, 9.17) is 9.47 Å². The highest BCUT2D eigenvalue weighted by atomic mass is 32.2. The molecule has 5 rings (SSSR count). The minimum atomic E-state index is -3.93. The Morgan fingerprint density at radius 2 is 1.72 bits per heavy atom. The van der Waals surface area contributed by atoms with Crippen molar-refractivity contribution in [3.8, 4) is 11.8 Å². The second kappa shape index (κ2) is 10.2. The van der Waals surface area contributed by atoms with E-state index in [0.717, 1.165) is 46.4 Å². The number of benzene rings is 2. The largest absolute Gasteiger partial charge is 0.481 e. The van der Waals surface area contributed by atoms with Crippen molar-refractivity contribution in [2.24, 2.45) is 7.05 Å². The number of anilines is 1. The van der Waals surface area contributed by atoms with Crippen LogP contribution in [0.1, 0.15) is 0 Å². The highest BCUT2D eigenvalue weighted by molar-refractivity contribution is 7.99. The van der Waals surface area contributed by atoms with E-state index >= 15 is 0 Å². The molecule has 3 heterocycles. The van der Waals surface area contributed by atoms with Crippen LogP contribution in [0.15, 0.2) is 59.5 Å². The van der Waals surface area contributed by atoms with Gasteiger partial charge in [-0.25, -0.2) is 8.42 Å². The Bertz CT molecular complexity index is 1500. The van der Waals surface area contributed by atoms with Gasteiger partial charge in [-0.3, -0.25) is 9.21 Å². The molecule has 8 nitrogen and oxygen atoms in total. The van der Waals surface area contributed by atoms with Gasteiger partial charge >= 0.3 is 0 Å². The molecule has 0 unspecified atom stereocenters. The van der Waals surface area contributed by atoms with Gasteiger partial charge in [0.05, 0.1) is 19.1 Å². The van der Waals surface area contributed by atoms with Crippen LogP contribution in [0.25, 0.3) is 21.8 Å². The Hall–Kier alpha value is -2.95. The van der Waals surface area contributed by atoms with Gasteiger partial charge in [-0.15, -0.1) is 0 Å². The monoisotopic (exact) mass is 526 g/mol. The lowest BCUT2D eigenvalue weighted by atomic mass is 10.1. The number of aromatic nitrogens is 2. The van der Waals surface area contributed by atoms with Crippen LogP contribution in [0.5, 0.6) is 11.8 Å². The summed E-state index contributed by atoms with van der Waals surface area (Å²) in [5, 5.41) is 1.93. The van der Waals surface area contributed by atoms with Crippen molar-refractivity contribution in [2.75, 3.05) is 56.2 Å². The topological polar surface area (TPSA) is 76.9 Å². The van der Waals surface area contributed by atoms with E-state index in [1.807, 2.05) is 49.1 Å². The third-order valence-electron chi connectivity index (χ3n) is 6.68. The summed E-state index contributed by atoms with van der Waals surface area (Å²) in [6.45, 7) is 2.79. The van der Waals surface area contributed by atoms with Crippen LogP contribution in [0.2, 0.25) is 0 Å². The van der Waals surface area contributed by atoms with E-state index in [1.165, 1.54) is 18.5 Å². The fraction of sp³-hybridized carbons (Fsp3) is 0.346. The van der Waals surface area contributed by atoms with Crippen molar-refractivity contribution in [1.82, 2.24) is 14.5 Å². The van der Waals surface area contributed by atoms with E-state index in [1.54, 1.807) is 24.3 Å². The maximum absolute atomic E-state index is 14.2. The molecule has 0 bridgehead atoms. The zero-order valence-electron chi connectivity index (χ0n) is 20.7. The first kappa shape index (κ1) is 24.7. The fourth-order valence-corrected chi connectivity index (χ4v) is 7.19. The SMILES string of the molecule is COc1ccc(N(CCN2CCSCC2)S(=O)(=O)c2ccc3c(c2)c2ccccc2n3C)c(OC)n1. The zero-order valence-corrected chi connectivity index (χ0v) is 22.3. The molecule has 0 spiro atoms. The number of nitrogens with zero attached hydrogens (tertiary/aromatic N) is 4. The molecule has 0 radical (unpaired) electrons. The minimum Gasteiger partial charge on any atom is -0.481 e. The normalized spacial score (nSPS) is 14.9. The lowest BCUT2D eigenvalue weighted by Crippen LogP contribution is -2.41. The molecule has 4 aromatic rings. The van der Waals surface area contributed by atoms with Gasteiger partial charge < -0.3 is 14.0 Å². The van der Waals surface area contributed by atoms with Crippen LogP contribution in [-0.4, -0.2) is 74.8 Å². The summed E-state index contributed by atoms with van der Waals surface area (Å²) < 4.78 is 42.6. The molecule has 1 aliphatic heterocycles. The first-order chi connectivity index (χ1) is 17.4. The number of fused-ring (bicyclic) bond motifs is 3. The third-order valence-corrected chi connectivity index (χ3v) is 9.43. The lowest BCUT2D eigenvalue weighted by Gasteiger charge is -2.31. The average molecular weight is 527 g/mol. The first-order valence-corrected chi connectivity index (χ1v) is 14.4. The Morgan fingerprint density at radius 3 is 2.47 bits per heavy atom. The number of ether oxygens (including phenoxy) is 2. The van der Waals surface area contributed by atoms with Crippen molar-refractivity contribution in [1.29, 1.82) is 0 Å². The number of aryl methyl sites for hydroxylation is 1. The van der Waals surface area contributed by atoms with Gasteiger partial charge in [0.25, 0.3) is 10.0 Å². The van der Waals surface area contributed by atoms with Gasteiger partial charge in [0, 0.05) is 72.6 Å². The second-order valence-electron chi connectivity index (χ2n) is 8.67. The number of sulfonamides is 1. The molecular weight excluding hydrogens is 496 g/mol. The van der Waals surface area contributed by atoms with Gasteiger partial charge in [0.15, 0.2) is 0 Å². The van der Waals surface area contributed by atoms with Gasteiger partial charge in [-0.1, -0.05) is 18.2 Å². The number of thioether (sulfide) groups is 1. The number of hydrogen-bond donors (Lipinski definition) is 0. The van der Waals surface area contributed by atoms with Crippen LogP contribution in [-0.2, 0) is 17.1 Å². The van der Waals surface area contributed by atoms with E-state index in [0.29, 0.717) is 18.1 Å². The van der Waals surface area contributed by atoms with Crippen molar-refractivity contribution < 1.29 is 17.9 Å². The maximum Gasteiger partial charge on any atom is 0.264 e. The van der Waals surface area contributed by atoms with Crippen LogP contribution in [0.3, 0.4) is 0 Å². The molecule has 1 fully saturated rings. The van der Waals surface area contributed by atoms with E-state index in [2.05, 4.69) is 14.5 Å². The van der Waals surface area contributed by atoms with E-state index < -0.39 is 10.0 Å². The number of pyridine rings is 1. The van der Waals surface area contributed by atoms with Crippen LogP contribution >= 0.6 is 11.8 Å². The summed E-state index contributed by atoms with van der Waals surface area (Å²) >= 11 is 1.93. The molecule has 2 aromatic carbocycles. The molecular formula is C26H30N4O4S2. The molecule has 1 aliphatic rings. The van der Waals surface area contributed by atoms with Crippen molar-refractivity contribution >= 4 is 49.3 Å². The number of hydrogen-bond acceptors (Lipinski definition) is 7. The zero-order chi connectivity index (χ0) is 25.3. The highest BCUT2D eigenvalue weighted by Crippen LogP contribution is 2.35. The van der Waals surface area contributed by atoms with Crippen LogP contribution in [0, 0.1) is 0 Å². The average Bonchev–Trinajstić information content (AvgIpc) is 3.20. The summed E-state index contributed by atoms with van der Waals surface area (Å²) in [7, 11) is 1.07. The summed E-state index contributed by atoms with van der Waals surface area (Å²) in [5.41, 5.74) is 2.43. The van der Waals surface area contributed by atoms with E-state index in [9.17, 15) is 8.42 Å². The summed E-state index contributed by atoms with van der Waals surface area (Å²) in [5.74, 6) is 2.67. The summed E-state index contributed by atoms with van der Waals surface area (Å²) in [4.78, 5) is 6.89. The highest BCUT2D eigenvalue weighted by Gasteiger charge is 2.30. The number of rotatable bonds is 8. The quantitative estimate of drug-likeness (QED) is 0.344. The minimum absolute atomic E-state index is 0.207. The molecule has 2 aromatic heterocycles. The van der Waals surface area contributed by atoms with Gasteiger partial charge in [-0.05, 0) is 30.3 Å². The Morgan fingerprint density at radius 1 is 0.972 bits per heavy atom. The molecule has 1 saturated heterocycles. The molecule has 10 heteroatoms. The fourth-order valence-electron chi connectivity index (χ4n) is 4.73. The predicted octanol–water partition coefficient (Wildman–Crippen LogP) is 3.99. The molecule has 0 aliphatic carbocycles. The summed E-state index contributed by atoms with van der Waals surface area (Å²) in [6.07, 6.45) is 0.